The van der Waals surface area contributed by atoms with Crippen molar-refractivity contribution in [2.45, 2.75) is 6.42 Å². The summed E-state index contributed by atoms with van der Waals surface area (Å²) in [5, 5.41) is 10.0. The van der Waals surface area contributed by atoms with Crippen LogP contribution in [0.15, 0.2) is 18.2 Å². The molecule has 2 aliphatic rings. The van der Waals surface area contributed by atoms with Crippen LogP contribution in [-0.4, -0.2) is 73.2 Å². The fourth-order valence-corrected chi connectivity index (χ4v) is 4.23. The molecule has 142 valence electrons. The molecule has 8 heteroatoms. The zero-order chi connectivity index (χ0) is 18.9. The molecule has 26 heavy (non-hydrogen) atoms. The zero-order valence-electron chi connectivity index (χ0n) is 14.6. The van der Waals surface area contributed by atoms with Crippen LogP contribution in [0.4, 0.5) is 4.39 Å². The first-order valence-electron chi connectivity index (χ1n) is 8.52. The number of carbonyl (C=O) groups excluding carboxylic acids is 1. The summed E-state index contributed by atoms with van der Waals surface area (Å²) < 4.78 is 18.2. The maximum absolute atomic E-state index is 13.1. The van der Waals surface area contributed by atoms with E-state index in [1.807, 2.05) is 0 Å². The molecule has 1 N–H and O–H groups in total. The summed E-state index contributed by atoms with van der Waals surface area (Å²) >= 11 is 6.00. The SMILES string of the molecule is COCCN1CC2CN(C(=O)Cc3ccc(F)cc3Cl)CC2(C(=O)O)C1. The van der Waals surface area contributed by atoms with E-state index in [1.54, 1.807) is 12.0 Å². The Balaban J connectivity index is 1.69. The number of hydrogen-bond donors (Lipinski definition) is 1. The van der Waals surface area contributed by atoms with Gasteiger partial charge in [-0.3, -0.25) is 14.5 Å². The monoisotopic (exact) mass is 384 g/mol. The summed E-state index contributed by atoms with van der Waals surface area (Å²) in [6, 6.07) is 3.93. The van der Waals surface area contributed by atoms with Crippen molar-refractivity contribution >= 4 is 23.5 Å². The zero-order valence-corrected chi connectivity index (χ0v) is 15.3. The van der Waals surface area contributed by atoms with Gasteiger partial charge in [-0.25, -0.2) is 4.39 Å². The third-order valence-corrected chi connectivity index (χ3v) is 5.78. The minimum Gasteiger partial charge on any atom is -0.481 e. The Hall–Kier alpha value is -1.70. The lowest BCUT2D eigenvalue weighted by Crippen LogP contribution is -2.42. The molecule has 6 nitrogen and oxygen atoms in total. The van der Waals surface area contributed by atoms with E-state index in [9.17, 15) is 19.1 Å². The number of hydrogen-bond acceptors (Lipinski definition) is 4. The Morgan fingerprint density at radius 3 is 2.77 bits per heavy atom. The third kappa shape index (κ3) is 3.56. The predicted octanol–water partition coefficient (Wildman–Crippen LogP) is 1.51. The smallest absolute Gasteiger partial charge is 0.313 e. The van der Waals surface area contributed by atoms with Crippen molar-refractivity contribution in [3.05, 3.63) is 34.6 Å². The van der Waals surface area contributed by atoms with E-state index in [2.05, 4.69) is 4.90 Å². The lowest BCUT2D eigenvalue weighted by atomic mass is 9.81. The van der Waals surface area contributed by atoms with E-state index < -0.39 is 17.2 Å². The molecule has 2 unspecified atom stereocenters. The Morgan fingerprint density at radius 2 is 2.15 bits per heavy atom. The third-order valence-electron chi connectivity index (χ3n) is 5.43. The molecule has 0 saturated carbocycles. The van der Waals surface area contributed by atoms with E-state index in [-0.39, 0.29) is 29.8 Å². The number of ether oxygens (including phenoxy) is 1. The second-order valence-electron chi connectivity index (χ2n) is 7.07. The van der Waals surface area contributed by atoms with Gasteiger partial charge in [-0.1, -0.05) is 17.7 Å². The van der Waals surface area contributed by atoms with Crippen molar-refractivity contribution in [2.24, 2.45) is 11.3 Å². The lowest BCUT2D eigenvalue weighted by molar-refractivity contribution is -0.149. The molecule has 3 rings (SSSR count). The second-order valence-corrected chi connectivity index (χ2v) is 7.48. The maximum Gasteiger partial charge on any atom is 0.313 e. The van der Waals surface area contributed by atoms with Crippen molar-refractivity contribution < 1.29 is 23.8 Å². The molecule has 0 bridgehead atoms. The van der Waals surface area contributed by atoms with Gasteiger partial charge in [0.25, 0.3) is 0 Å². The Kier molecular flexibility index (Phi) is 5.50. The number of nitrogens with zero attached hydrogens (tertiary/aromatic N) is 2. The molecule has 2 aliphatic heterocycles. The van der Waals surface area contributed by atoms with Crippen LogP contribution in [0.5, 0.6) is 0 Å². The van der Waals surface area contributed by atoms with Gasteiger partial charge >= 0.3 is 5.97 Å². The van der Waals surface area contributed by atoms with Gasteiger partial charge in [-0.05, 0) is 17.7 Å². The van der Waals surface area contributed by atoms with Crippen LogP contribution in [0.2, 0.25) is 5.02 Å². The lowest BCUT2D eigenvalue weighted by Gasteiger charge is -2.25. The molecule has 0 aliphatic carbocycles. The van der Waals surface area contributed by atoms with Crippen LogP contribution >= 0.6 is 11.6 Å². The van der Waals surface area contributed by atoms with Crippen molar-refractivity contribution in [2.75, 3.05) is 46.4 Å². The normalized spacial score (nSPS) is 25.5. The van der Waals surface area contributed by atoms with Gasteiger partial charge in [0.15, 0.2) is 0 Å². The molecule has 0 radical (unpaired) electrons. The van der Waals surface area contributed by atoms with Crippen LogP contribution in [0.1, 0.15) is 5.56 Å². The first-order chi connectivity index (χ1) is 12.4. The number of amides is 1. The molecule has 1 aromatic rings. The van der Waals surface area contributed by atoms with E-state index >= 15 is 0 Å². The molecule has 0 spiro atoms. The van der Waals surface area contributed by atoms with Crippen LogP contribution in [0.3, 0.4) is 0 Å². The van der Waals surface area contributed by atoms with Crippen molar-refractivity contribution in [3.8, 4) is 0 Å². The Labute approximate surface area is 156 Å². The number of rotatable bonds is 6. The largest absolute Gasteiger partial charge is 0.481 e. The molecule has 2 heterocycles. The summed E-state index contributed by atoms with van der Waals surface area (Å²) in [4.78, 5) is 28.3. The fraction of sp³-hybridized carbons (Fsp3) is 0.556. The van der Waals surface area contributed by atoms with Gasteiger partial charge in [-0.2, -0.15) is 0 Å². The summed E-state index contributed by atoms with van der Waals surface area (Å²) in [7, 11) is 1.62. The first-order valence-corrected chi connectivity index (χ1v) is 8.90. The summed E-state index contributed by atoms with van der Waals surface area (Å²) in [6.07, 6.45) is 0.0366. The fourth-order valence-electron chi connectivity index (χ4n) is 3.99. The van der Waals surface area contributed by atoms with E-state index in [4.69, 9.17) is 16.3 Å². The highest BCUT2D eigenvalue weighted by atomic mass is 35.5. The number of methoxy groups -OCH3 is 1. The van der Waals surface area contributed by atoms with Gasteiger partial charge in [0.2, 0.25) is 5.91 Å². The van der Waals surface area contributed by atoms with Gasteiger partial charge in [0, 0.05) is 50.8 Å². The molecule has 1 aromatic carbocycles. The summed E-state index contributed by atoms with van der Waals surface area (Å²) in [6.45, 7) is 2.88. The molecule has 0 aromatic heterocycles. The number of likely N-dealkylation sites (tertiary alicyclic amines) is 2. The van der Waals surface area contributed by atoms with Crippen molar-refractivity contribution in [1.82, 2.24) is 9.80 Å². The number of aliphatic carboxylic acids is 1. The highest BCUT2D eigenvalue weighted by Gasteiger charge is 2.58. The predicted molar refractivity (Wildman–Crippen MR) is 93.6 cm³/mol. The minimum absolute atomic E-state index is 0.0366. The summed E-state index contributed by atoms with van der Waals surface area (Å²) in [5.41, 5.74) is -0.392. The minimum atomic E-state index is -0.935. The Bertz CT molecular complexity index is 716. The number of carbonyl (C=O) groups is 2. The molecule has 1 amide bonds. The number of benzene rings is 1. The molecule has 2 atom stereocenters. The van der Waals surface area contributed by atoms with Crippen LogP contribution in [0, 0.1) is 17.2 Å². The van der Waals surface area contributed by atoms with Gasteiger partial charge in [-0.15, -0.1) is 0 Å². The number of halogens is 2. The standard InChI is InChI=1S/C18H22ClFN2O4/c1-26-5-4-21-8-13-9-22(11-18(13,10-21)17(24)25)16(23)6-12-2-3-14(20)7-15(12)19/h2-3,7,13H,4-6,8-11H2,1H3,(H,24,25). The highest BCUT2D eigenvalue weighted by Crippen LogP contribution is 2.43. The van der Waals surface area contributed by atoms with E-state index in [1.165, 1.54) is 18.2 Å². The van der Waals surface area contributed by atoms with Crippen LogP contribution < -0.4 is 0 Å². The molecule has 2 saturated heterocycles. The topological polar surface area (TPSA) is 70.1 Å². The van der Waals surface area contributed by atoms with Gasteiger partial charge in [0.05, 0.1) is 13.0 Å². The molecule has 2 fully saturated rings. The van der Waals surface area contributed by atoms with Crippen molar-refractivity contribution in [3.63, 3.8) is 0 Å². The van der Waals surface area contributed by atoms with Crippen LogP contribution in [0.25, 0.3) is 0 Å². The van der Waals surface area contributed by atoms with E-state index in [0.717, 1.165) is 0 Å². The molecular formula is C18H22ClFN2O4. The Morgan fingerprint density at radius 1 is 1.38 bits per heavy atom. The van der Waals surface area contributed by atoms with Crippen molar-refractivity contribution in [1.29, 1.82) is 0 Å². The second kappa shape index (κ2) is 7.50. The maximum atomic E-state index is 13.1. The number of fused-ring (bicyclic) bond motifs is 1. The quantitative estimate of drug-likeness (QED) is 0.805. The number of carboxylic acid groups (broad SMARTS) is 1. The average Bonchev–Trinajstić information content (AvgIpc) is 3.10. The van der Waals surface area contributed by atoms with Gasteiger partial charge < -0.3 is 14.7 Å². The first kappa shape index (κ1) is 19.1. The van der Waals surface area contributed by atoms with E-state index in [0.29, 0.717) is 38.3 Å². The highest BCUT2D eigenvalue weighted by molar-refractivity contribution is 6.31. The molecular weight excluding hydrogens is 363 g/mol. The van der Waals surface area contributed by atoms with Gasteiger partial charge in [0.1, 0.15) is 11.2 Å². The summed E-state index contributed by atoms with van der Waals surface area (Å²) in [5.74, 6) is -1.61. The number of carboxylic acids is 1. The average molecular weight is 385 g/mol. The van der Waals surface area contributed by atoms with Crippen LogP contribution in [-0.2, 0) is 20.7 Å².